The molecule has 0 aromatic heterocycles. The van der Waals surface area contributed by atoms with Gasteiger partial charge in [-0.15, -0.1) is 0 Å². The fraction of sp³-hybridized carbons (Fsp3) is 0.538. The molecule has 2 N–H and O–H groups in total. The molecule has 1 aromatic carbocycles. The van der Waals surface area contributed by atoms with Crippen molar-refractivity contribution in [2.75, 3.05) is 5.32 Å². The quantitative estimate of drug-likeness (QED) is 0.738. The minimum Gasteiger partial charge on any atom is -0.508 e. The number of anilines is 1. The van der Waals surface area contributed by atoms with Crippen molar-refractivity contribution in [1.29, 1.82) is 0 Å². The van der Waals surface area contributed by atoms with E-state index in [1.807, 2.05) is 12.1 Å². The lowest BCUT2D eigenvalue weighted by molar-refractivity contribution is 0.323. The summed E-state index contributed by atoms with van der Waals surface area (Å²) >= 11 is 0. The summed E-state index contributed by atoms with van der Waals surface area (Å²) in [6.45, 7) is 6.74. The van der Waals surface area contributed by atoms with E-state index in [-0.39, 0.29) is 5.54 Å². The lowest BCUT2D eigenvalue weighted by Gasteiger charge is -2.42. The molecule has 2 nitrogen and oxygen atoms in total. The van der Waals surface area contributed by atoms with Crippen molar-refractivity contribution in [1.82, 2.24) is 0 Å². The Balaban J connectivity index is 2.39. The molecule has 0 aliphatic carbocycles. The van der Waals surface area contributed by atoms with E-state index in [1.165, 1.54) is 5.56 Å². The number of rotatable bonds is 1. The highest BCUT2D eigenvalue weighted by molar-refractivity contribution is 5.58. The summed E-state index contributed by atoms with van der Waals surface area (Å²) in [5.74, 6) is 0.966. The van der Waals surface area contributed by atoms with E-state index >= 15 is 0 Å². The maximum absolute atomic E-state index is 9.46. The normalized spacial score (nSPS) is 29.4. The Morgan fingerprint density at radius 2 is 2.27 bits per heavy atom. The van der Waals surface area contributed by atoms with Crippen LogP contribution < -0.4 is 5.32 Å². The second kappa shape index (κ2) is 3.44. The predicted molar refractivity (Wildman–Crippen MR) is 63.3 cm³/mol. The molecule has 1 aliphatic heterocycles. The smallest absolute Gasteiger partial charge is 0.117 e. The summed E-state index contributed by atoms with van der Waals surface area (Å²) in [5, 5.41) is 13.0. The number of aromatic hydroxyl groups is 1. The van der Waals surface area contributed by atoms with Crippen molar-refractivity contribution in [2.24, 2.45) is 5.92 Å². The van der Waals surface area contributed by atoms with Crippen LogP contribution in [0.1, 0.15) is 32.8 Å². The highest BCUT2D eigenvalue weighted by atomic mass is 16.3. The lowest BCUT2D eigenvalue weighted by atomic mass is 9.77. The molecule has 1 heterocycles. The number of fused-ring (bicyclic) bond motifs is 1. The minimum atomic E-state index is 0.154. The summed E-state index contributed by atoms with van der Waals surface area (Å²) in [7, 11) is 0. The summed E-state index contributed by atoms with van der Waals surface area (Å²) in [4.78, 5) is 0. The summed E-state index contributed by atoms with van der Waals surface area (Å²) in [6, 6.07) is 5.61. The van der Waals surface area contributed by atoms with Gasteiger partial charge in [0.15, 0.2) is 0 Å². The van der Waals surface area contributed by atoms with Gasteiger partial charge in [0, 0.05) is 17.3 Å². The molecule has 82 valence electrons. The van der Waals surface area contributed by atoms with Crippen molar-refractivity contribution in [2.45, 2.75) is 39.2 Å². The van der Waals surface area contributed by atoms with Crippen LogP contribution >= 0.6 is 0 Å². The van der Waals surface area contributed by atoms with E-state index in [0.29, 0.717) is 11.7 Å². The molecule has 2 rings (SSSR count). The van der Waals surface area contributed by atoms with Crippen LogP contribution in [0.25, 0.3) is 0 Å². The van der Waals surface area contributed by atoms with Gasteiger partial charge in [-0.05, 0) is 37.3 Å². The van der Waals surface area contributed by atoms with E-state index in [9.17, 15) is 5.11 Å². The van der Waals surface area contributed by atoms with Gasteiger partial charge in [0.05, 0.1) is 0 Å². The first-order chi connectivity index (χ1) is 7.05. The zero-order chi connectivity index (χ0) is 11.1. The first kappa shape index (κ1) is 10.3. The van der Waals surface area contributed by atoms with Crippen molar-refractivity contribution < 1.29 is 5.11 Å². The second-order valence-electron chi connectivity index (χ2n) is 4.84. The molecule has 0 spiro atoms. The Labute approximate surface area is 91.3 Å². The fourth-order valence-electron chi connectivity index (χ4n) is 2.28. The first-order valence-electron chi connectivity index (χ1n) is 5.65. The third-order valence-electron chi connectivity index (χ3n) is 3.86. The summed E-state index contributed by atoms with van der Waals surface area (Å²) in [5.41, 5.74) is 2.56. The van der Waals surface area contributed by atoms with E-state index in [4.69, 9.17) is 0 Å². The Kier molecular flexibility index (Phi) is 2.37. The minimum absolute atomic E-state index is 0.154. The Bertz CT molecular complexity index is 375. The van der Waals surface area contributed by atoms with Gasteiger partial charge in [0.25, 0.3) is 0 Å². The van der Waals surface area contributed by atoms with Gasteiger partial charge < -0.3 is 10.4 Å². The number of hydrogen-bond acceptors (Lipinski definition) is 2. The van der Waals surface area contributed by atoms with E-state index in [2.05, 4.69) is 26.1 Å². The van der Waals surface area contributed by atoms with Crippen LogP contribution in [0.3, 0.4) is 0 Å². The number of benzene rings is 1. The third kappa shape index (κ3) is 1.69. The molecule has 0 fully saturated rings. The van der Waals surface area contributed by atoms with Crippen LogP contribution in [0.5, 0.6) is 5.75 Å². The molecule has 0 amide bonds. The topological polar surface area (TPSA) is 32.3 Å². The fourth-order valence-corrected chi connectivity index (χ4v) is 2.28. The zero-order valence-corrected chi connectivity index (χ0v) is 9.67. The molecule has 1 aliphatic rings. The van der Waals surface area contributed by atoms with Crippen molar-refractivity contribution >= 4 is 5.69 Å². The molecule has 0 radical (unpaired) electrons. The lowest BCUT2D eigenvalue weighted by Crippen LogP contribution is -2.44. The molecule has 15 heavy (non-hydrogen) atoms. The molecule has 0 saturated heterocycles. The largest absolute Gasteiger partial charge is 0.508 e. The van der Waals surface area contributed by atoms with Gasteiger partial charge in [-0.3, -0.25) is 0 Å². The molecule has 1 aromatic rings. The number of phenols is 1. The Morgan fingerprint density at radius 3 is 2.93 bits per heavy atom. The SMILES string of the molecule is CCC1(C)Nc2cc(O)ccc2CC1C. The number of hydrogen-bond donors (Lipinski definition) is 2. The average molecular weight is 205 g/mol. The monoisotopic (exact) mass is 205 g/mol. The molecular formula is C13H19NO. The summed E-state index contributed by atoms with van der Waals surface area (Å²) < 4.78 is 0. The molecule has 0 saturated carbocycles. The predicted octanol–water partition coefficient (Wildman–Crippen LogP) is 3.17. The van der Waals surface area contributed by atoms with Gasteiger partial charge in [0.2, 0.25) is 0 Å². The van der Waals surface area contributed by atoms with Crippen molar-refractivity contribution in [3.05, 3.63) is 23.8 Å². The van der Waals surface area contributed by atoms with Gasteiger partial charge >= 0.3 is 0 Å². The number of phenolic OH excluding ortho intramolecular Hbond substituents is 1. The van der Waals surface area contributed by atoms with Gasteiger partial charge in [-0.25, -0.2) is 0 Å². The van der Waals surface area contributed by atoms with Gasteiger partial charge in [-0.2, -0.15) is 0 Å². The zero-order valence-electron chi connectivity index (χ0n) is 9.67. The maximum Gasteiger partial charge on any atom is 0.117 e. The van der Waals surface area contributed by atoms with Crippen LogP contribution in [-0.2, 0) is 6.42 Å². The van der Waals surface area contributed by atoms with Crippen LogP contribution in [0.15, 0.2) is 18.2 Å². The van der Waals surface area contributed by atoms with E-state index < -0.39 is 0 Å². The summed E-state index contributed by atoms with van der Waals surface area (Å²) in [6.07, 6.45) is 2.19. The first-order valence-corrected chi connectivity index (χ1v) is 5.65. The Hall–Kier alpha value is -1.18. The standard InChI is InChI=1S/C13H19NO/c1-4-13(3)9(2)7-10-5-6-11(15)8-12(10)14-13/h5-6,8-9,14-15H,4,7H2,1-3H3. The van der Waals surface area contributed by atoms with Crippen molar-refractivity contribution in [3.8, 4) is 5.75 Å². The molecule has 2 unspecified atom stereocenters. The van der Waals surface area contributed by atoms with Gasteiger partial charge in [0.1, 0.15) is 5.75 Å². The molecule has 0 bridgehead atoms. The van der Waals surface area contributed by atoms with Crippen LogP contribution in [-0.4, -0.2) is 10.6 Å². The van der Waals surface area contributed by atoms with E-state index in [0.717, 1.165) is 18.5 Å². The molecule has 2 heteroatoms. The molecule has 2 atom stereocenters. The van der Waals surface area contributed by atoms with Gasteiger partial charge in [-0.1, -0.05) is 19.9 Å². The maximum atomic E-state index is 9.46. The Morgan fingerprint density at radius 1 is 1.53 bits per heavy atom. The van der Waals surface area contributed by atoms with Crippen LogP contribution in [0, 0.1) is 5.92 Å². The second-order valence-corrected chi connectivity index (χ2v) is 4.84. The van der Waals surface area contributed by atoms with E-state index in [1.54, 1.807) is 6.07 Å². The average Bonchev–Trinajstić information content (AvgIpc) is 2.20. The van der Waals surface area contributed by atoms with Crippen LogP contribution in [0.4, 0.5) is 5.69 Å². The number of nitrogens with one attached hydrogen (secondary N) is 1. The van der Waals surface area contributed by atoms with Crippen molar-refractivity contribution in [3.63, 3.8) is 0 Å². The van der Waals surface area contributed by atoms with Crippen LogP contribution in [0.2, 0.25) is 0 Å². The molecular weight excluding hydrogens is 186 g/mol. The third-order valence-corrected chi connectivity index (χ3v) is 3.86. The highest BCUT2D eigenvalue weighted by Crippen LogP contribution is 2.37. The highest BCUT2D eigenvalue weighted by Gasteiger charge is 2.33.